The van der Waals surface area contributed by atoms with Crippen molar-refractivity contribution >= 4 is 0 Å². The van der Waals surface area contributed by atoms with Gasteiger partial charge in [0, 0.05) is 6.54 Å². The Hall–Kier alpha value is -1.53. The molecule has 0 saturated carbocycles. The first-order valence-electron chi connectivity index (χ1n) is 7.95. The highest BCUT2D eigenvalue weighted by molar-refractivity contribution is 5.45. The summed E-state index contributed by atoms with van der Waals surface area (Å²) in [5.41, 5.74) is 1.73. The quantitative estimate of drug-likeness (QED) is 0.654. The van der Waals surface area contributed by atoms with Gasteiger partial charge in [-0.1, -0.05) is 45.6 Å². The second kappa shape index (κ2) is 10.2. The Kier molecular flexibility index (Phi) is 8.54. The molecule has 0 bridgehead atoms. The van der Waals surface area contributed by atoms with Gasteiger partial charge in [-0.2, -0.15) is 5.26 Å². The second-order valence-electron chi connectivity index (χ2n) is 5.92. The van der Waals surface area contributed by atoms with E-state index >= 15 is 0 Å². The maximum Gasteiger partial charge on any atom is 0.136 e. The van der Waals surface area contributed by atoms with Crippen molar-refractivity contribution in [3.8, 4) is 11.8 Å². The van der Waals surface area contributed by atoms with Crippen LogP contribution in [-0.2, 0) is 6.54 Å². The predicted molar refractivity (Wildman–Crippen MR) is 87.3 cm³/mol. The molecule has 1 aromatic carbocycles. The Morgan fingerprint density at radius 3 is 2.62 bits per heavy atom. The van der Waals surface area contributed by atoms with Crippen LogP contribution >= 0.6 is 0 Å². The fraction of sp³-hybridized carbons (Fsp3) is 0.611. The van der Waals surface area contributed by atoms with Crippen molar-refractivity contribution in [1.82, 2.24) is 5.32 Å². The van der Waals surface area contributed by atoms with Crippen molar-refractivity contribution < 1.29 is 4.74 Å². The molecule has 0 aliphatic rings. The average molecular weight is 288 g/mol. The minimum atomic E-state index is 0.602. The van der Waals surface area contributed by atoms with Crippen LogP contribution in [0.4, 0.5) is 0 Å². The lowest BCUT2D eigenvalue weighted by molar-refractivity contribution is 0.413. The monoisotopic (exact) mass is 288 g/mol. The number of rotatable bonds is 10. The number of nitriles is 1. The number of nitrogens with one attached hydrogen (secondary N) is 1. The van der Waals surface area contributed by atoms with Gasteiger partial charge >= 0.3 is 0 Å². The van der Waals surface area contributed by atoms with Crippen LogP contribution in [0.15, 0.2) is 18.2 Å². The van der Waals surface area contributed by atoms with E-state index in [1.165, 1.54) is 32.1 Å². The fourth-order valence-electron chi connectivity index (χ4n) is 2.34. The van der Waals surface area contributed by atoms with Crippen LogP contribution in [-0.4, -0.2) is 13.7 Å². The summed E-state index contributed by atoms with van der Waals surface area (Å²) < 4.78 is 5.15. The zero-order chi connectivity index (χ0) is 15.5. The van der Waals surface area contributed by atoms with E-state index in [1.807, 2.05) is 18.2 Å². The van der Waals surface area contributed by atoms with Crippen molar-refractivity contribution in [2.75, 3.05) is 13.7 Å². The fourth-order valence-corrected chi connectivity index (χ4v) is 2.34. The molecule has 0 amide bonds. The number of benzene rings is 1. The van der Waals surface area contributed by atoms with Gasteiger partial charge in [-0.25, -0.2) is 0 Å². The van der Waals surface area contributed by atoms with Crippen LogP contribution in [0.3, 0.4) is 0 Å². The summed E-state index contributed by atoms with van der Waals surface area (Å²) >= 11 is 0. The van der Waals surface area contributed by atoms with E-state index in [-0.39, 0.29) is 0 Å². The van der Waals surface area contributed by atoms with E-state index in [9.17, 15) is 0 Å². The Balaban J connectivity index is 2.17. The standard InChI is InChI=1S/C18H28N2O/c1-15(2)8-6-4-5-7-11-20-14-16-9-10-18(21-3)17(12-16)13-19/h9-10,12,15,20H,4-8,11,14H2,1-3H3. The second-order valence-corrected chi connectivity index (χ2v) is 5.92. The molecule has 21 heavy (non-hydrogen) atoms. The highest BCUT2D eigenvalue weighted by Gasteiger charge is 2.03. The molecule has 0 heterocycles. The summed E-state index contributed by atoms with van der Waals surface area (Å²) in [7, 11) is 1.59. The van der Waals surface area contributed by atoms with Crippen molar-refractivity contribution in [2.24, 2.45) is 5.92 Å². The Morgan fingerprint density at radius 1 is 1.19 bits per heavy atom. The molecule has 3 nitrogen and oxygen atoms in total. The van der Waals surface area contributed by atoms with Crippen LogP contribution in [0.1, 0.15) is 57.1 Å². The Labute approximate surface area is 129 Å². The van der Waals surface area contributed by atoms with Gasteiger partial charge in [-0.3, -0.25) is 0 Å². The number of nitrogens with zero attached hydrogens (tertiary/aromatic N) is 1. The van der Waals surface area contributed by atoms with Crippen LogP contribution in [0.2, 0.25) is 0 Å². The van der Waals surface area contributed by atoms with Crippen molar-refractivity contribution in [3.63, 3.8) is 0 Å². The molecule has 0 aliphatic carbocycles. The molecule has 1 rings (SSSR count). The van der Waals surface area contributed by atoms with Crippen LogP contribution in [0.25, 0.3) is 0 Å². The highest BCUT2D eigenvalue weighted by Crippen LogP contribution is 2.18. The summed E-state index contributed by atoms with van der Waals surface area (Å²) in [4.78, 5) is 0. The molecule has 0 aromatic heterocycles. The lowest BCUT2D eigenvalue weighted by Crippen LogP contribution is -2.14. The summed E-state index contributed by atoms with van der Waals surface area (Å²) in [6, 6.07) is 7.94. The number of hydrogen-bond acceptors (Lipinski definition) is 3. The zero-order valence-corrected chi connectivity index (χ0v) is 13.6. The van der Waals surface area contributed by atoms with Crippen molar-refractivity contribution in [3.05, 3.63) is 29.3 Å². The molecule has 3 heteroatoms. The van der Waals surface area contributed by atoms with E-state index in [4.69, 9.17) is 10.00 Å². The normalized spacial score (nSPS) is 10.6. The molecule has 0 aliphatic heterocycles. The smallest absolute Gasteiger partial charge is 0.136 e. The number of ether oxygens (including phenoxy) is 1. The van der Waals surface area contributed by atoms with Crippen LogP contribution in [0, 0.1) is 17.2 Å². The van der Waals surface area contributed by atoms with Gasteiger partial charge in [0.1, 0.15) is 11.8 Å². The average Bonchev–Trinajstić information content (AvgIpc) is 2.49. The maximum atomic E-state index is 9.05. The first kappa shape index (κ1) is 17.5. The lowest BCUT2D eigenvalue weighted by Gasteiger charge is -2.08. The molecule has 1 aromatic rings. The molecular weight excluding hydrogens is 260 g/mol. The van der Waals surface area contributed by atoms with Gasteiger partial charge < -0.3 is 10.1 Å². The molecule has 0 radical (unpaired) electrons. The third kappa shape index (κ3) is 7.15. The largest absolute Gasteiger partial charge is 0.495 e. The van der Waals surface area contributed by atoms with Gasteiger partial charge in [-0.15, -0.1) is 0 Å². The molecule has 0 unspecified atom stereocenters. The summed E-state index contributed by atoms with van der Waals surface area (Å²) in [6.07, 6.45) is 6.55. The maximum absolute atomic E-state index is 9.05. The summed E-state index contributed by atoms with van der Waals surface area (Å²) in [5, 5.41) is 12.5. The molecule has 116 valence electrons. The number of methoxy groups -OCH3 is 1. The first-order valence-corrected chi connectivity index (χ1v) is 7.95. The van der Waals surface area contributed by atoms with Gasteiger partial charge in [0.15, 0.2) is 0 Å². The van der Waals surface area contributed by atoms with E-state index in [0.29, 0.717) is 11.3 Å². The molecule has 0 saturated heterocycles. The van der Waals surface area contributed by atoms with Crippen LogP contribution in [0.5, 0.6) is 5.75 Å². The zero-order valence-electron chi connectivity index (χ0n) is 13.6. The molecular formula is C18H28N2O. The van der Waals surface area contributed by atoms with E-state index < -0.39 is 0 Å². The minimum absolute atomic E-state index is 0.602. The van der Waals surface area contributed by atoms with Gasteiger partial charge in [0.2, 0.25) is 0 Å². The Bertz CT molecular complexity index is 449. The SMILES string of the molecule is COc1ccc(CNCCCCCCC(C)C)cc1C#N. The van der Waals surface area contributed by atoms with Gasteiger partial charge in [-0.05, 0) is 36.6 Å². The third-order valence-corrected chi connectivity index (χ3v) is 3.60. The lowest BCUT2D eigenvalue weighted by atomic mass is 10.0. The summed E-state index contributed by atoms with van der Waals surface area (Å²) in [6.45, 7) is 6.41. The van der Waals surface area contributed by atoms with E-state index in [0.717, 1.165) is 24.6 Å². The van der Waals surface area contributed by atoms with Gasteiger partial charge in [0.25, 0.3) is 0 Å². The summed E-state index contributed by atoms with van der Waals surface area (Å²) in [5.74, 6) is 1.47. The predicted octanol–water partition coefficient (Wildman–Crippen LogP) is 4.26. The first-order chi connectivity index (χ1) is 10.2. The Morgan fingerprint density at radius 2 is 1.95 bits per heavy atom. The molecule has 0 spiro atoms. The van der Waals surface area contributed by atoms with E-state index in [2.05, 4.69) is 25.2 Å². The van der Waals surface area contributed by atoms with Gasteiger partial charge in [0.05, 0.1) is 12.7 Å². The topological polar surface area (TPSA) is 45.0 Å². The van der Waals surface area contributed by atoms with Crippen LogP contribution < -0.4 is 10.1 Å². The molecule has 1 N–H and O–H groups in total. The molecule has 0 atom stereocenters. The molecule has 0 fully saturated rings. The van der Waals surface area contributed by atoms with Crippen molar-refractivity contribution in [1.29, 1.82) is 5.26 Å². The minimum Gasteiger partial charge on any atom is -0.495 e. The van der Waals surface area contributed by atoms with E-state index in [1.54, 1.807) is 7.11 Å². The highest BCUT2D eigenvalue weighted by atomic mass is 16.5. The number of hydrogen-bond donors (Lipinski definition) is 1. The number of unbranched alkanes of at least 4 members (excludes halogenated alkanes) is 3. The van der Waals surface area contributed by atoms with Crippen molar-refractivity contribution in [2.45, 2.75) is 52.5 Å². The third-order valence-electron chi connectivity index (χ3n) is 3.60.